The van der Waals surface area contributed by atoms with Crippen molar-refractivity contribution in [3.8, 4) is 11.4 Å². The van der Waals surface area contributed by atoms with E-state index in [1.165, 1.54) is 17.3 Å². The average Bonchev–Trinajstić information content (AvgIpc) is 3.05. The summed E-state index contributed by atoms with van der Waals surface area (Å²) in [7, 11) is -1.47. The van der Waals surface area contributed by atoms with E-state index in [1.54, 1.807) is 24.3 Å². The summed E-state index contributed by atoms with van der Waals surface area (Å²) < 4.78 is 26.8. The lowest BCUT2D eigenvalue weighted by molar-refractivity contribution is 0.102. The summed E-state index contributed by atoms with van der Waals surface area (Å²) in [6.07, 6.45) is 1.08. The number of carbonyl (C=O) groups is 1. The number of ketones is 1. The van der Waals surface area contributed by atoms with Crippen LogP contribution in [0, 0.1) is 0 Å². The van der Waals surface area contributed by atoms with Gasteiger partial charge in [0.05, 0.1) is 12.0 Å². The molecule has 9 heteroatoms. The third kappa shape index (κ3) is 5.95. The fraction of sp³-hybridized carbons (Fsp3) is 0.318. The molecule has 7 nitrogen and oxygen atoms in total. The van der Waals surface area contributed by atoms with Crippen molar-refractivity contribution in [3.63, 3.8) is 0 Å². The highest BCUT2D eigenvalue weighted by Crippen LogP contribution is 2.27. The smallest absolute Gasteiger partial charge is 0.229 e. The lowest BCUT2D eigenvalue weighted by Crippen LogP contribution is -2.10. The van der Waals surface area contributed by atoms with Crippen molar-refractivity contribution in [2.45, 2.75) is 31.3 Å². The number of rotatable bonds is 7. The molecule has 1 N–H and O–H groups in total. The van der Waals surface area contributed by atoms with E-state index in [-0.39, 0.29) is 17.0 Å². The predicted octanol–water partition coefficient (Wildman–Crippen LogP) is 4.13. The fourth-order valence-corrected chi connectivity index (χ4v) is 4.33. The maximum atomic E-state index is 12.5. The molecule has 0 radical (unpaired) electrons. The molecule has 164 valence electrons. The molecule has 0 spiro atoms. The number of aromatic nitrogens is 3. The van der Waals surface area contributed by atoms with Crippen molar-refractivity contribution >= 4 is 33.3 Å². The lowest BCUT2D eigenvalue weighted by Gasteiger charge is -2.19. The van der Waals surface area contributed by atoms with Crippen LogP contribution >= 0.6 is 11.8 Å². The van der Waals surface area contributed by atoms with Gasteiger partial charge in [0.2, 0.25) is 10.0 Å². The fourth-order valence-electron chi connectivity index (χ4n) is 2.96. The van der Waals surface area contributed by atoms with Gasteiger partial charge in [-0.1, -0.05) is 56.8 Å². The maximum absolute atomic E-state index is 12.5. The Kier molecular flexibility index (Phi) is 6.56. The molecule has 0 bridgehead atoms. The molecular formula is C22H26N4O3S2. The monoisotopic (exact) mass is 458 g/mol. The maximum Gasteiger partial charge on any atom is 0.229 e. The number of thioether (sulfide) groups is 1. The SMILES string of the molecule is Cn1c(SCC(=O)c2ccc(NS(C)(=O)=O)cc2)nnc1-c1ccc(C(C)(C)C)cc1. The minimum atomic E-state index is -3.35. The van der Waals surface area contributed by atoms with E-state index >= 15 is 0 Å². The summed E-state index contributed by atoms with van der Waals surface area (Å²) in [4.78, 5) is 12.5. The summed E-state index contributed by atoms with van der Waals surface area (Å²) in [5.41, 5.74) is 3.22. The van der Waals surface area contributed by atoms with Gasteiger partial charge in [0, 0.05) is 23.9 Å². The van der Waals surface area contributed by atoms with Crippen molar-refractivity contribution in [2.75, 3.05) is 16.7 Å². The third-order valence-corrected chi connectivity index (χ3v) is 6.31. The second kappa shape index (κ2) is 8.84. The van der Waals surface area contributed by atoms with Crippen LogP contribution in [0.15, 0.2) is 53.7 Å². The Morgan fingerprint density at radius 3 is 2.19 bits per heavy atom. The first-order valence-electron chi connectivity index (χ1n) is 9.68. The second-order valence-electron chi connectivity index (χ2n) is 8.36. The number of benzene rings is 2. The van der Waals surface area contributed by atoms with E-state index in [2.05, 4.69) is 47.8 Å². The van der Waals surface area contributed by atoms with Gasteiger partial charge in [0.1, 0.15) is 0 Å². The van der Waals surface area contributed by atoms with E-state index in [9.17, 15) is 13.2 Å². The Labute approximate surface area is 187 Å². The number of nitrogens with zero attached hydrogens (tertiary/aromatic N) is 3. The Morgan fingerprint density at radius 1 is 1.03 bits per heavy atom. The number of sulfonamides is 1. The van der Waals surface area contributed by atoms with Crippen molar-refractivity contribution in [1.82, 2.24) is 14.8 Å². The van der Waals surface area contributed by atoms with Crippen LogP contribution in [-0.4, -0.2) is 41.0 Å². The van der Waals surface area contributed by atoms with Gasteiger partial charge in [-0.15, -0.1) is 10.2 Å². The molecule has 31 heavy (non-hydrogen) atoms. The van der Waals surface area contributed by atoms with Crippen LogP contribution in [0.25, 0.3) is 11.4 Å². The molecule has 1 aromatic heterocycles. The molecule has 1 heterocycles. The number of carbonyl (C=O) groups excluding carboxylic acids is 1. The van der Waals surface area contributed by atoms with Gasteiger partial charge < -0.3 is 4.57 Å². The van der Waals surface area contributed by atoms with E-state index in [1.807, 2.05) is 23.7 Å². The molecule has 0 aliphatic rings. The standard InChI is InChI=1S/C22H26N4O3S2/c1-22(2,3)17-10-6-16(7-11-17)20-23-24-21(26(20)4)30-14-19(27)15-8-12-18(13-9-15)25-31(5,28)29/h6-13,25H,14H2,1-5H3. The van der Waals surface area contributed by atoms with Gasteiger partial charge in [0.25, 0.3) is 0 Å². The first-order chi connectivity index (χ1) is 14.4. The second-order valence-corrected chi connectivity index (χ2v) is 11.0. The Hall–Kier alpha value is -2.65. The van der Waals surface area contributed by atoms with Crippen LogP contribution in [0.5, 0.6) is 0 Å². The van der Waals surface area contributed by atoms with Crippen LogP contribution in [0.1, 0.15) is 36.7 Å². The number of nitrogens with one attached hydrogen (secondary N) is 1. The largest absolute Gasteiger partial charge is 0.305 e. The van der Waals surface area contributed by atoms with E-state index in [0.717, 1.165) is 17.6 Å². The van der Waals surface area contributed by atoms with Gasteiger partial charge in [-0.3, -0.25) is 9.52 Å². The van der Waals surface area contributed by atoms with Crippen LogP contribution < -0.4 is 4.72 Å². The summed E-state index contributed by atoms with van der Waals surface area (Å²) in [5, 5.41) is 9.17. The third-order valence-electron chi connectivity index (χ3n) is 4.69. The highest BCUT2D eigenvalue weighted by atomic mass is 32.2. The minimum Gasteiger partial charge on any atom is -0.305 e. The van der Waals surface area contributed by atoms with Crippen LogP contribution in [0.4, 0.5) is 5.69 Å². The number of anilines is 1. The van der Waals surface area contributed by atoms with Gasteiger partial charge >= 0.3 is 0 Å². The van der Waals surface area contributed by atoms with Crippen LogP contribution in [-0.2, 0) is 22.5 Å². The molecule has 0 unspecified atom stereocenters. The number of hydrogen-bond donors (Lipinski definition) is 1. The molecule has 0 saturated carbocycles. The lowest BCUT2D eigenvalue weighted by atomic mass is 9.87. The van der Waals surface area contributed by atoms with Crippen molar-refractivity contribution in [3.05, 3.63) is 59.7 Å². The summed E-state index contributed by atoms with van der Waals surface area (Å²) in [6.45, 7) is 6.52. The van der Waals surface area contributed by atoms with Gasteiger partial charge in [-0.2, -0.15) is 0 Å². The van der Waals surface area contributed by atoms with E-state index in [4.69, 9.17) is 0 Å². The van der Waals surface area contributed by atoms with Crippen LogP contribution in [0.2, 0.25) is 0 Å². The normalized spacial score (nSPS) is 12.0. The molecule has 2 aromatic carbocycles. The summed E-state index contributed by atoms with van der Waals surface area (Å²) in [5.74, 6) is 0.870. The first-order valence-corrected chi connectivity index (χ1v) is 12.6. The topological polar surface area (TPSA) is 94.0 Å². The molecule has 3 aromatic rings. The highest BCUT2D eigenvalue weighted by Gasteiger charge is 2.16. The molecule has 3 rings (SSSR count). The Balaban J connectivity index is 1.66. The van der Waals surface area contributed by atoms with E-state index in [0.29, 0.717) is 16.4 Å². The van der Waals surface area contributed by atoms with Gasteiger partial charge in [-0.25, -0.2) is 8.42 Å². The Morgan fingerprint density at radius 2 is 1.65 bits per heavy atom. The quantitative estimate of drug-likeness (QED) is 0.423. The Bertz CT molecular complexity index is 1180. The molecule has 0 aliphatic carbocycles. The minimum absolute atomic E-state index is 0.0741. The van der Waals surface area contributed by atoms with Crippen molar-refractivity contribution in [1.29, 1.82) is 0 Å². The molecule has 0 fully saturated rings. The predicted molar refractivity (Wildman–Crippen MR) is 125 cm³/mol. The average molecular weight is 459 g/mol. The molecular weight excluding hydrogens is 432 g/mol. The van der Waals surface area contributed by atoms with Crippen molar-refractivity contribution < 1.29 is 13.2 Å². The van der Waals surface area contributed by atoms with Gasteiger partial charge in [-0.05, 0) is 35.2 Å². The summed E-state index contributed by atoms with van der Waals surface area (Å²) in [6, 6.07) is 14.6. The first kappa shape index (κ1) is 23.0. The number of Topliss-reactive ketones (excluding diaryl/α,β-unsaturated/α-hetero) is 1. The zero-order valence-corrected chi connectivity index (χ0v) is 19.8. The molecule has 0 saturated heterocycles. The molecule has 0 amide bonds. The van der Waals surface area contributed by atoms with Crippen LogP contribution in [0.3, 0.4) is 0 Å². The number of hydrogen-bond acceptors (Lipinski definition) is 6. The highest BCUT2D eigenvalue weighted by molar-refractivity contribution is 7.99. The molecule has 0 atom stereocenters. The van der Waals surface area contributed by atoms with E-state index < -0.39 is 10.0 Å². The zero-order chi connectivity index (χ0) is 22.8. The summed E-state index contributed by atoms with van der Waals surface area (Å²) >= 11 is 1.32. The van der Waals surface area contributed by atoms with Crippen molar-refractivity contribution in [2.24, 2.45) is 7.05 Å². The molecule has 0 aliphatic heterocycles. The van der Waals surface area contributed by atoms with Gasteiger partial charge in [0.15, 0.2) is 16.8 Å². The zero-order valence-electron chi connectivity index (χ0n) is 18.2.